The second kappa shape index (κ2) is 3.96. The Bertz CT molecular complexity index is 346. The lowest BCUT2D eigenvalue weighted by molar-refractivity contribution is -0.124. The second-order valence-electron chi connectivity index (χ2n) is 3.24. The van der Waals surface area contributed by atoms with Crippen LogP contribution >= 0.6 is 0 Å². The van der Waals surface area contributed by atoms with Gasteiger partial charge in [0.1, 0.15) is 0 Å². The van der Waals surface area contributed by atoms with E-state index in [1.54, 1.807) is 5.01 Å². The minimum Gasteiger partial charge on any atom is -0.289 e. The van der Waals surface area contributed by atoms with Gasteiger partial charge in [-0.3, -0.25) is 15.2 Å². The topological polar surface area (TPSA) is 32.3 Å². The number of hydrogen-bond acceptors (Lipinski definition) is 2. The van der Waals surface area contributed by atoms with Crippen LogP contribution in [0.3, 0.4) is 0 Å². The van der Waals surface area contributed by atoms with Crippen molar-refractivity contribution < 1.29 is 4.79 Å². The number of hydrogen-bond donors (Lipinski definition) is 1. The Hall–Kier alpha value is -1.77. The number of carbonyl (C=O) groups excluding carboxylic acids is 1. The van der Waals surface area contributed by atoms with Crippen LogP contribution in [0.4, 0.5) is 0 Å². The van der Waals surface area contributed by atoms with Gasteiger partial charge in [-0.05, 0) is 5.56 Å². The molecule has 0 saturated heterocycles. The van der Waals surface area contributed by atoms with E-state index in [4.69, 9.17) is 0 Å². The zero-order valence-electron chi connectivity index (χ0n) is 7.81. The zero-order chi connectivity index (χ0) is 9.80. The molecule has 0 radical (unpaired) electrons. The summed E-state index contributed by atoms with van der Waals surface area (Å²) in [6, 6.07) is 10.0. The maximum Gasteiger partial charge on any atom is 0.242 e. The molecule has 0 aliphatic carbocycles. The lowest BCUT2D eigenvalue weighted by Crippen LogP contribution is -2.40. The van der Waals surface area contributed by atoms with E-state index in [1.165, 1.54) is 5.56 Å². The van der Waals surface area contributed by atoms with Gasteiger partial charge >= 0.3 is 0 Å². The molecule has 3 nitrogen and oxygen atoms in total. The molecule has 1 aliphatic heterocycles. The molecule has 3 heteroatoms. The molecule has 14 heavy (non-hydrogen) atoms. The minimum absolute atomic E-state index is 0.0448. The van der Waals surface area contributed by atoms with Crippen molar-refractivity contribution in [3.8, 4) is 0 Å². The van der Waals surface area contributed by atoms with Gasteiger partial charge < -0.3 is 0 Å². The standard InChI is InChI=1S/C11H12N2O/c14-11-7-4-8-13(12-11)9-10-5-2-1-3-6-10/h1-6,8H,7,9H2,(H,12,14). The summed E-state index contributed by atoms with van der Waals surface area (Å²) < 4.78 is 0. The largest absolute Gasteiger partial charge is 0.289 e. The average molecular weight is 188 g/mol. The molecule has 1 N–H and O–H groups in total. The predicted octanol–water partition coefficient (Wildman–Crippen LogP) is 1.44. The highest BCUT2D eigenvalue weighted by molar-refractivity contribution is 5.77. The van der Waals surface area contributed by atoms with Gasteiger partial charge in [0.05, 0.1) is 6.54 Å². The maximum atomic E-state index is 11.1. The van der Waals surface area contributed by atoms with E-state index < -0.39 is 0 Å². The van der Waals surface area contributed by atoms with Gasteiger partial charge in [0, 0.05) is 12.6 Å². The molecule has 0 unspecified atom stereocenters. The summed E-state index contributed by atoms with van der Waals surface area (Å²) in [5.41, 5.74) is 3.95. The third kappa shape index (κ3) is 2.13. The Balaban J connectivity index is 2.01. The van der Waals surface area contributed by atoms with Gasteiger partial charge in [0.2, 0.25) is 5.91 Å². The number of benzene rings is 1. The van der Waals surface area contributed by atoms with Gasteiger partial charge in [0.25, 0.3) is 0 Å². The molecule has 2 rings (SSSR count). The van der Waals surface area contributed by atoms with Crippen molar-refractivity contribution in [2.24, 2.45) is 0 Å². The predicted molar refractivity (Wildman–Crippen MR) is 53.9 cm³/mol. The Morgan fingerprint density at radius 2 is 2.07 bits per heavy atom. The normalized spacial score (nSPS) is 15.4. The summed E-state index contributed by atoms with van der Waals surface area (Å²) in [5.74, 6) is 0.0448. The minimum atomic E-state index is 0.0448. The number of carbonyl (C=O) groups is 1. The molecule has 0 aromatic heterocycles. The SMILES string of the molecule is O=C1CC=CN(Cc2ccccc2)N1. The quantitative estimate of drug-likeness (QED) is 0.761. The molecule has 1 aromatic rings. The highest BCUT2D eigenvalue weighted by Crippen LogP contribution is 2.05. The first kappa shape index (κ1) is 8.81. The van der Waals surface area contributed by atoms with Crippen molar-refractivity contribution in [3.63, 3.8) is 0 Å². The van der Waals surface area contributed by atoms with E-state index in [-0.39, 0.29) is 5.91 Å². The first-order valence-corrected chi connectivity index (χ1v) is 4.61. The number of hydrazine groups is 1. The van der Waals surface area contributed by atoms with Gasteiger partial charge in [0.15, 0.2) is 0 Å². The Morgan fingerprint density at radius 3 is 2.79 bits per heavy atom. The fourth-order valence-electron chi connectivity index (χ4n) is 1.40. The molecule has 0 fully saturated rings. The third-order valence-electron chi connectivity index (χ3n) is 2.05. The van der Waals surface area contributed by atoms with Gasteiger partial charge in [-0.15, -0.1) is 0 Å². The first-order chi connectivity index (χ1) is 6.84. The van der Waals surface area contributed by atoms with E-state index in [0.29, 0.717) is 13.0 Å². The van der Waals surface area contributed by atoms with E-state index in [9.17, 15) is 4.79 Å². The molecule has 0 bridgehead atoms. The van der Waals surface area contributed by atoms with Gasteiger partial charge in [-0.1, -0.05) is 36.4 Å². The van der Waals surface area contributed by atoms with Gasteiger partial charge in [-0.25, -0.2) is 0 Å². The molecule has 72 valence electrons. The molecule has 0 atom stereocenters. The molecule has 1 amide bonds. The van der Waals surface area contributed by atoms with Crippen LogP contribution in [0.1, 0.15) is 12.0 Å². The van der Waals surface area contributed by atoms with E-state index >= 15 is 0 Å². The summed E-state index contributed by atoms with van der Waals surface area (Å²) >= 11 is 0. The highest BCUT2D eigenvalue weighted by Gasteiger charge is 2.08. The fourth-order valence-corrected chi connectivity index (χ4v) is 1.40. The average Bonchev–Trinajstić information content (AvgIpc) is 2.19. The lowest BCUT2D eigenvalue weighted by Gasteiger charge is -2.24. The molecular weight excluding hydrogens is 176 g/mol. The van der Waals surface area contributed by atoms with E-state index in [1.807, 2.05) is 42.6 Å². The maximum absolute atomic E-state index is 11.1. The summed E-state index contributed by atoms with van der Waals surface area (Å²) in [5, 5.41) is 1.79. The molecule has 1 heterocycles. The van der Waals surface area contributed by atoms with E-state index in [0.717, 1.165) is 0 Å². The van der Waals surface area contributed by atoms with Crippen LogP contribution in [-0.4, -0.2) is 10.9 Å². The van der Waals surface area contributed by atoms with Crippen molar-refractivity contribution in [2.75, 3.05) is 0 Å². The van der Waals surface area contributed by atoms with Crippen LogP contribution in [0.25, 0.3) is 0 Å². The second-order valence-corrected chi connectivity index (χ2v) is 3.24. The van der Waals surface area contributed by atoms with Crippen molar-refractivity contribution in [2.45, 2.75) is 13.0 Å². The Morgan fingerprint density at radius 1 is 1.29 bits per heavy atom. The number of nitrogens with one attached hydrogen (secondary N) is 1. The lowest BCUT2D eigenvalue weighted by atomic mass is 10.2. The summed E-state index contributed by atoms with van der Waals surface area (Å²) in [4.78, 5) is 11.1. The van der Waals surface area contributed by atoms with Gasteiger partial charge in [-0.2, -0.15) is 0 Å². The van der Waals surface area contributed by atoms with Crippen LogP contribution in [-0.2, 0) is 11.3 Å². The molecule has 0 saturated carbocycles. The van der Waals surface area contributed by atoms with Crippen molar-refractivity contribution >= 4 is 5.91 Å². The monoisotopic (exact) mass is 188 g/mol. The Labute approximate surface area is 83.0 Å². The smallest absolute Gasteiger partial charge is 0.242 e. The zero-order valence-corrected chi connectivity index (χ0v) is 7.81. The summed E-state index contributed by atoms with van der Waals surface area (Å²) in [6.45, 7) is 0.711. The molecule has 1 aromatic carbocycles. The number of amides is 1. The molecular formula is C11H12N2O. The number of rotatable bonds is 2. The van der Waals surface area contributed by atoms with E-state index in [2.05, 4.69) is 5.43 Å². The first-order valence-electron chi connectivity index (χ1n) is 4.61. The summed E-state index contributed by atoms with van der Waals surface area (Å²) in [6.07, 6.45) is 4.24. The third-order valence-corrected chi connectivity index (χ3v) is 2.05. The summed E-state index contributed by atoms with van der Waals surface area (Å²) in [7, 11) is 0. The molecule has 0 spiro atoms. The van der Waals surface area contributed by atoms with Crippen LogP contribution in [0.15, 0.2) is 42.6 Å². The van der Waals surface area contributed by atoms with Crippen LogP contribution in [0.2, 0.25) is 0 Å². The van der Waals surface area contributed by atoms with Crippen LogP contribution < -0.4 is 5.43 Å². The van der Waals surface area contributed by atoms with Crippen LogP contribution in [0.5, 0.6) is 0 Å². The Kier molecular flexibility index (Phi) is 2.49. The fraction of sp³-hybridized carbons (Fsp3) is 0.182. The van der Waals surface area contributed by atoms with Crippen molar-refractivity contribution in [1.82, 2.24) is 10.4 Å². The van der Waals surface area contributed by atoms with Crippen molar-refractivity contribution in [3.05, 3.63) is 48.2 Å². The number of nitrogens with zero attached hydrogens (tertiary/aromatic N) is 1. The highest BCUT2D eigenvalue weighted by atomic mass is 16.2. The van der Waals surface area contributed by atoms with Crippen LogP contribution in [0, 0.1) is 0 Å². The molecule has 1 aliphatic rings. The van der Waals surface area contributed by atoms with Crippen molar-refractivity contribution in [1.29, 1.82) is 0 Å².